The lowest BCUT2D eigenvalue weighted by Gasteiger charge is -2.14. The predicted molar refractivity (Wildman–Crippen MR) is 94.6 cm³/mol. The Morgan fingerprint density at radius 3 is 2.50 bits per heavy atom. The van der Waals surface area contributed by atoms with Crippen LogP contribution in [0.3, 0.4) is 0 Å². The van der Waals surface area contributed by atoms with E-state index in [-0.39, 0.29) is 17.1 Å². The normalized spacial score (nSPS) is 11.3. The zero-order chi connectivity index (χ0) is 19.3. The van der Waals surface area contributed by atoms with Gasteiger partial charge in [-0.25, -0.2) is 4.79 Å². The molecule has 1 amide bonds. The van der Waals surface area contributed by atoms with E-state index in [0.29, 0.717) is 17.0 Å². The number of hydrogen-bond acceptors (Lipinski definition) is 6. The van der Waals surface area contributed by atoms with Crippen LogP contribution in [0.15, 0.2) is 42.5 Å². The molecule has 0 bridgehead atoms. The smallest absolute Gasteiger partial charge is 0.342 e. The van der Waals surface area contributed by atoms with Gasteiger partial charge in [0.05, 0.1) is 7.11 Å². The van der Waals surface area contributed by atoms with Crippen molar-refractivity contribution in [3.63, 3.8) is 0 Å². The Morgan fingerprint density at radius 2 is 1.85 bits per heavy atom. The van der Waals surface area contributed by atoms with E-state index >= 15 is 0 Å². The van der Waals surface area contributed by atoms with Gasteiger partial charge < -0.3 is 19.9 Å². The van der Waals surface area contributed by atoms with E-state index in [9.17, 15) is 19.5 Å². The molecule has 2 N–H and O–H groups in total. The van der Waals surface area contributed by atoms with E-state index in [1.165, 1.54) is 45.2 Å². The molecule has 0 fully saturated rings. The highest BCUT2D eigenvalue weighted by atomic mass is 16.5. The van der Waals surface area contributed by atoms with Gasteiger partial charge in [-0.15, -0.1) is 0 Å². The van der Waals surface area contributed by atoms with Crippen LogP contribution in [0.4, 0.5) is 5.69 Å². The van der Waals surface area contributed by atoms with Crippen LogP contribution in [-0.4, -0.2) is 36.0 Å². The Kier molecular flexibility index (Phi) is 5.95. The number of anilines is 1. The molecule has 2 aromatic rings. The number of benzene rings is 2. The number of aromatic hydroxyl groups is 1. The van der Waals surface area contributed by atoms with Gasteiger partial charge in [0.1, 0.15) is 17.1 Å². The molecule has 26 heavy (non-hydrogen) atoms. The first-order valence-corrected chi connectivity index (χ1v) is 7.81. The van der Waals surface area contributed by atoms with Gasteiger partial charge in [-0.3, -0.25) is 9.59 Å². The maximum Gasteiger partial charge on any atom is 0.342 e. The average Bonchev–Trinajstić information content (AvgIpc) is 2.62. The summed E-state index contributed by atoms with van der Waals surface area (Å²) >= 11 is 0. The molecule has 2 rings (SSSR count). The minimum Gasteiger partial charge on any atom is -0.507 e. The molecule has 0 heterocycles. The lowest BCUT2D eigenvalue weighted by Crippen LogP contribution is -2.30. The van der Waals surface area contributed by atoms with Crippen LogP contribution in [0.25, 0.3) is 0 Å². The zero-order valence-corrected chi connectivity index (χ0v) is 14.6. The maximum absolute atomic E-state index is 12.2. The van der Waals surface area contributed by atoms with Crippen LogP contribution < -0.4 is 10.1 Å². The van der Waals surface area contributed by atoms with Gasteiger partial charge in [0.15, 0.2) is 11.9 Å². The topological polar surface area (TPSA) is 102 Å². The lowest BCUT2D eigenvalue weighted by molar-refractivity contribution is -0.123. The van der Waals surface area contributed by atoms with Crippen molar-refractivity contribution in [2.45, 2.75) is 20.0 Å². The minimum absolute atomic E-state index is 0.109. The van der Waals surface area contributed by atoms with Crippen LogP contribution in [0.5, 0.6) is 11.5 Å². The molecule has 2 aromatic carbocycles. The Bertz CT molecular complexity index is 846. The second-order valence-corrected chi connectivity index (χ2v) is 5.56. The zero-order valence-electron chi connectivity index (χ0n) is 14.6. The maximum atomic E-state index is 12.2. The number of hydrogen-bond donors (Lipinski definition) is 2. The van der Waals surface area contributed by atoms with E-state index in [2.05, 4.69) is 5.32 Å². The van der Waals surface area contributed by atoms with Crippen molar-refractivity contribution in [2.24, 2.45) is 0 Å². The fourth-order valence-electron chi connectivity index (χ4n) is 2.14. The summed E-state index contributed by atoms with van der Waals surface area (Å²) in [6.07, 6.45) is -1.12. The third-order valence-corrected chi connectivity index (χ3v) is 3.61. The van der Waals surface area contributed by atoms with Gasteiger partial charge in [0.2, 0.25) is 0 Å². The quantitative estimate of drug-likeness (QED) is 0.609. The molecule has 7 nitrogen and oxygen atoms in total. The molecular weight excluding hydrogens is 338 g/mol. The first-order chi connectivity index (χ1) is 12.3. The first kappa shape index (κ1) is 19.0. The second kappa shape index (κ2) is 8.15. The summed E-state index contributed by atoms with van der Waals surface area (Å²) in [4.78, 5) is 35.8. The fraction of sp³-hybridized carbons (Fsp3) is 0.211. The van der Waals surface area contributed by atoms with E-state index < -0.39 is 18.0 Å². The third kappa shape index (κ3) is 4.60. The molecule has 0 aliphatic heterocycles. The largest absolute Gasteiger partial charge is 0.507 e. The number of Topliss-reactive ketones (excluding diaryl/α,β-unsaturated/α-hetero) is 1. The van der Waals surface area contributed by atoms with Crippen molar-refractivity contribution in [1.82, 2.24) is 0 Å². The molecular formula is C19H19NO6. The number of carbonyl (C=O) groups excluding carboxylic acids is 3. The standard InChI is InChI=1S/C19H19NO6/c1-11(21)13-5-4-6-14(9-13)20-18(23)12(2)26-19(24)16-10-15(25-3)7-8-17(16)22/h4-10,12,22H,1-3H3,(H,20,23)/t12-/m1/s1. The van der Waals surface area contributed by atoms with Gasteiger partial charge in [0, 0.05) is 11.3 Å². The van der Waals surface area contributed by atoms with Crippen molar-refractivity contribution in [2.75, 3.05) is 12.4 Å². The summed E-state index contributed by atoms with van der Waals surface area (Å²) in [5.74, 6) is -1.47. The number of amides is 1. The van der Waals surface area contributed by atoms with Crippen LogP contribution >= 0.6 is 0 Å². The number of methoxy groups -OCH3 is 1. The minimum atomic E-state index is -1.12. The van der Waals surface area contributed by atoms with Crippen LogP contribution in [-0.2, 0) is 9.53 Å². The number of nitrogens with one attached hydrogen (secondary N) is 1. The van der Waals surface area contributed by atoms with Crippen molar-refractivity contribution in [1.29, 1.82) is 0 Å². The summed E-state index contributed by atoms with van der Waals surface area (Å²) in [6.45, 7) is 2.82. The van der Waals surface area contributed by atoms with Gasteiger partial charge in [0.25, 0.3) is 5.91 Å². The van der Waals surface area contributed by atoms with E-state index in [0.717, 1.165) is 0 Å². The molecule has 0 unspecified atom stereocenters. The fourth-order valence-corrected chi connectivity index (χ4v) is 2.14. The van der Waals surface area contributed by atoms with Gasteiger partial charge >= 0.3 is 5.97 Å². The van der Waals surface area contributed by atoms with E-state index in [1.807, 2.05) is 0 Å². The number of ketones is 1. The highest BCUT2D eigenvalue weighted by molar-refractivity contribution is 6.00. The molecule has 136 valence electrons. The molecule has 0 radical (unpaired) electrons. The first-order valence-electron chi connectivity index (χ1n) is 7.81. The average molecular weight is 357 g/mol. The van der Waals surface area contributed by atoms with E-state index in [1.54, 1.807) is 18.2 Å². The molecule has 0 saturated carbocycles. The SMILES string of the molecule is COc1ccc(O)c(C(=O)O[C@H](C)C(=O)Nc2cccc(C(C)=O)c2)c1. The summed E-state index contributed by atoms with van der Waals surface area (Å²) in [5, 5.41) is 12.4. The monoisotopic (exact) mass is 357 g/mol. The number of ether oxygens (including phenoxy) is 2. The molecule has 0 aromatic heterocycles. The van der Waals surface area contributed by atoms with Gasteiger partial charge in [-0.05, 0) is 44.2 Å². The number of phenolic OH excluding ortho intramolecular Hbond substituents is 1. The molecule has 0 spiro atoms. The van der Waals surface area contributed by atoms with Crippen LogP contribution in [0, 0.1) is 0 Å². The van der Waals surface area contributed by atoms with Crippen molar-refractivity contribution in [3.05, 3.63) is 53.6 Å². The van der Waals surface area contributed by atoms with Gasteiger partial charge in [-0.2, -0.15) is 0 Å². The number of phenols is 1. The number of carbonyl (C=O) groups is 3. The van der Waals surface area contributed by atoms with Gasteiger partial charge in [-0.1, -0.05) is 12.1 Å². The molecule has 7 heteroatoms. The van der Waals surface area contributed by atoms with Crippen LogP contribution in [0.1, 0.15) is 34.6 Å². The van der Waals surface area contributed by atoms with Crippen molar-refractivity contribution < 1.29 is 29.0 Å². The summed E-state index contributed by atoms with van der Waals surface area (Å²) in [6, 6.07) is 10.5. The summed E-state index contributed by atoms with van der Waals surface area (Å²) < 4.78 is 10.1. The Morgan fingerprint density at radius 1 is 1.12 bits per heavy atom. The van der Waals surface area contributed by atoms with Crippen molar-refractivity contribution >= 4 is 23.3 Å². The molecule has 0 saturated heterocycles. The summed E-state index contributed by atoms with van der Waals surface area (Å²) in [7, 11) is 1.42. The van der Waals surface area contributed by atoms with Crippen LogP contribution in [0.2, 0.25) is 0 Å². The lowest BCUT2D eigenvalue weighted by atomic mass is 10.1. The predicted octanol–water partition coefficient (Wildman–Crippen LogP) is 2.79. The number of rotatable bonds is 6. The summed E-state index contributed by atoms with van der Waals surface area (Å²) in [5.41, 5.74) is 0.756. The molecule has 1 atom stereocenters. The molecule has 0 aliphatic carbocycles. The third-order valence-electron chi connectivity index (χ3n) is 3.61. The second-order valence-electron chi connectivity index (χ2n) is 5.56. The Labute approximate surface area is 150 Å². The molecule has 0 aliphatic rings. The van der Waals surface area contributed by atoms with Crippen molar-refractivity contribution in [3.8, 4) is 11.5 Å². The Hall–Kier alpha value is -3.35. The Balaban J connectivity index is 2.06. The number of esters is 1. The highest BCUT2D eigenvalue weighted by Crippen LogP contribution is 2.24. The highest BCUT2D eigenvalue weighted by Gasteiger charge is 2.21. The van der Waals surface area contributed by atoms with E-state index in [4.69, 9.17) is 9.47 Å².